The van der Waals surface area contributed by atoms with E-state index in [9.17, 15) is 13.6 Å². The summed E-state index contributed by atoms with van der Waals surface area (Å²) < 4.78 is 31.0. The molecule has 28 heavy (non-hydrogen) atoms. The summed E-state index contributed by atoms with van der Waals surface area (Å²) >= 11 is 0. The average Bonchev–Trinajstić information content (AvgIpc) is 2.57. The van der Waals surface area contributed by atoms with Gasteiger partial charge in [0.25, 0.3) is 6.43 Å². The van der Waals surface area contributed by atoms with Gasteiger partial charge in [-0.3, -0.25) is 4.98 Å². The number of aromatic nitrogens is 1. The van der Waals surface area contributed by atoms with E-state index in [0.29, 0.717) is 22.6 Å². The molecule has 6 heteroatoms. The number of hydrogen-bond donors (Lipinski definition) is 1. The van der Waals surface area contributed by atoms with Crippen LogP contribution in [0, 0.1) is 0 Å². The Morgan fingerprint density at radius 1 is 1.21 bits per heavy atom. The summed E-state index contributed by atoms with van der Waals surface area (Å²) in [5.74, 6) is -0.457. The van der Waals surface area contributed by atoms with E-state index in [1.54, 1.807) is 25.2 Å². The molecule has 1 rings (SSSR count). The molecule has 0 aliphatic carbocycles. The Bertz CT molecular complexity index is 778. The second-order valence-corrected chi connectivity index (χ2v) is 7.26. The zero-order valence-corrected chi connectivity index (χ0v) is 17.3. The van der Waals surface area contributed by atoms with E-state index in [-0.39, 0.29) is 11.8 Å². The SMILES string of the molecule is C/C(=C/C=C/C(C)=C/C(=O)O)c1cc(C(C)C)nc(C(C)C)c1OCC(F)F. The van der Waals surface area contributed by atoms with Crippen molar-refractivity contribution in [2.75, 3.05) is 6.61 Å². The van der Waals surface area contributed by atoms with Crippen molar-refractivity contribution in [1.29, 1.82) is 0 Å². The molecule has 1 heterocycles. The Balaban J connectivity index is 3.44. The smallest absolute Gasteiger partial charge is 0.328 e. The number of alkyl halides is 2. The van der Waals surface area contributed by atoms with Gasteiger partial charge in [-0.2, -0.15) is 0 Å². The highest BCUT2D eigenvalue weighted by atomic mass is 19.3. The number of carbonyl (C=O) groups is 1. The first kappa shape index (κ1) is 23.5. The fraction of sp³-hybridized carbons (Fsp3) is 0.455. The Morgan fingerprint density at radius 2 is 1.86 bits per heavy atom. The van der Waals surface area contributed by atoms with Crippen LogP contribution in [-0.4, -0.2) is 29.1 Å². The third-order valence-corrected chi connectivity index (χ3v) is 3.99. The van der Waals surface area contributed by atoms with Gasteiger partial charge in [0.2, 0.25) is 0 Å². The summed E-state index contributed by atoms with van der Waals surface area (Å²) in [4.78, 5) is 15.3. The second-order valence-electron chi connectivity index (χ2n) is 7.26. The summed E-state index contributed by atoms with van der Waals surface area (Å²) in [6.45, 7) is 10.8. The van der Waals surface area contributed by atoms with Crippen LogP contribution in [0.4, 0.5) is 8.78 Å². The number of pyridine rings is 1. The maximum absolute atomic E-state index is 12.8. The van der Waals surface area contributed by atoms with Crippen molar-refractivity contribution < 1.29 is 23.4 Å². The number of ether oxygens (including phenoxy) is 1. The molecule has 0 saturated carbocycles. The quantitative estimate of drug-likeness (QED) is 0.415. The maximum atomic E-state index is 12.8. The second kappa shape index (κ2) is 10.7. The number of nitrogens with zero attached hydrogens (tertiary/aromatic N) is 1. The van der Waals surface area contributed by atoms with Gasteiger partial charge in [-0.15, -0.1) is 0 Å². The molecule has 0 saturated heterocycles. The highest BCUT2D eigenvalue weighted by Gasteiger charge is 2.20. The van der Waals surface area contributed by atoms with Crippen molar-refractivity contribution in [2.24, 2.45) is 0 Å². The summed E-state index contributed by atoms with van der Waals surface area (Å²) in [6.07, 6.45) is 3.73. The lowest BCUT2D eigenvalue weighted by Crippen LogP contribution is -2.13. The van der Waals surface area contributed by atoms with Crippen LogP contribution in [0.2, 0.25) is 0 Å². The van der Waals surface area contributed by atoms with Crippen molar-refractivity contribution in [1.82, 2.24) is 4.98 Å². The van der Waals surface area contributed by atoms with Crippen LogP contribution in [0.5, 0.6) is 5.75 Å². The fourth-order valence-corrected chi connectivity index (χ4v) is 2.53. The molecule has 0 aliphatic rings. The molecule has 1 aromatic heterocycles. The minimum absolute atomic E-state index is 0.00853. The molecule has 0 atom stereocenters. The first-order chi connectivity index (χ1) is 13.0. The molecular weight excluding hydrogens is 364 g/mol. The largest absolute Gasteiger partial charge is 0.485 e. The van der Waals surface area contributed by atoms with Crippen molar-refractivity contribution in [2.45, 2.75) is 59.8 Å². The van der Waals surface area contributed by atoms with Gasteiger partial charge in [0, 0.05) is 17.3 Å². The minimum atomic E-state index is -2.58. The Hall–Kier alpha value is -2.50. The van der Waals surface area contributed by atoms with Crippen molar-refractivity contribution in [3.05, 3.63) is 52.9 Å². The van der Waals surface area contributed by atoms with Crippen molar-refractivity contribution in [3.63, 3.8) is 0 Å². The van der Waals surface area contributed by atoms with Crippen molar-refractivity contribution in [3.8, 4) is 5.75 Å². The van der Waals surface area contributed by atoms with E-state index in [4.69, 9.17) is 9.84 Å². The van der Waals surface area contributed by atoms with Gasteiger partial charge < -0.3 is 9.84 Å². The van der Waals surface area contributed by atoms with E-state index in [0.717, 1.165) is 17.3 Å². The van der Waals surface area contributed by atoms with Crippen LogP contribution < -0.4 is 4.74 Å². The van der Waals surface area contributed by atoms with Gasteiger partial charge in [0.05, 0.1) is 5.69 Å². The molecule has 0 aliphatic heterocycles. The van der Waals surface area contributed by atoms with E-state index in [1.807, 2.05) is 40.7 Å². The molecule has 0 radical (unpaired) electrons. The number of rotatable bonds is 9. The van der Waals surface area contributed by atoms with Gasteiger partial charge >= 0.3 is 5.97 Å². The summed E-state index contributed by atoms with van der Waals surface area (Å²) in [5, 5.41) is 8.77. The monoisotopic (exact) mass is 393 g/mol. The Morgan fingerprint density at radius 3 is 2.36 bits per heavy atom. The van der Waals surface area contributed by atoms with Gasteiger partial charge in [-0.05, 0) is 42.9 Å². The zero-order valence-electron chi connectivity index (χ0n) is 17.3. The Labute approximate surface area is 165 Å². The lowest BCUT2D eigenvalue weighted by Gasteiger charge is -2.20. The number of hydrogen-bond acceptors (Lipinski definition) is 3. The first-order valence-electron chi connectivity index (χ1n) is 9.25. The van der Waals surface area contributed by atoms with Gasteiger partial charge in [-0.25, -0.2) is 13.6 Å². The Kier molecular flexibility index (Phi) is 9.03. The standard InChI is InChI=1S/C22H29F2NO3/c1-13(2)18-11-17(16(6)9-7-8-15(5)10-20(26)27)22(28-12-19(23)24)21(25-18)14(3)4/h7-11,13-14,19H,12H2,1-6H3,(H,26,27)/b8-7+,15-10+,16-9-. The van der Waals surface area contributed by atoms with Gasteiger partial charge in [0.15, 0.2) is 0 Å². The van der Waals surface area contributed by atoms with E-state index >= 15 is 0 Å². The molecule has 0 unspecified atom stereocenters. The van der Waals surface area contributed by atoms with Crippen LogP contribution >= 0.6 is 0 Å². The molecule has 1 aromatic rings. The van der Waals surface area contributed by atoms with Crippen LogP contribution in [0.1, 0.15) is 70.3 Å². The highest BCUT2D eigenvalue weighted by Crippen LogP contribution is 2.35. The molecule has 0 amide bonds. The molecular formula is C22H29F2NO3. The van der Waals surface area contributed by atoms with Gasteiger partial charge in [0.1, 0.15) is 12.4 Å². The normalized spacial score (nSPS) is 13.2. The predicted molar refractivity (Wildman–Crippen MR) is 108 cm³/mol. The number of carboxylic acids is 1. The molecule has 0 spiro atoms. The lowest BCUT2D eigenvalue weighted by molar-refractivity contribution is -0.131. The number of aliphatic carboxylic acids is 1. The number of allylic oxidation sites excluding steroid dienone is 5. The third-order valence-electron chi connectivity index (χ3n) is 3.99. The summed E-state index contributed by atoms with van der Waals surface area (Å²) in [7, 11) is 0. The maximum Gasteiger partial charge on any atom is 0.328 e. The average molecular weight is 393 g/mol. The van der Waals surface area contributed by atoms with Crippen LogP contribution in [0.25, 0.3) is 5.57 Å². The molecule has 154 valence electrons. The number of halogens is 2. The summed E-state index contributed by atoms with van der Waals surface area (Å²) in [6, 6.07) is 1.87. The molecule has 1 N–H and O–H groups in total. The number of carboxylic acid groups (broad SMARTS) is 1. The fourth-order valence-electron chi connectivity index (χ4n) is 2.53. The van der Waals surface area contributed by atoms with Crippen LogP contribution in [0.15, 0.2) is 35.9 Å². The first-order valence-corrected chi connectivity index (χ1v) is 9.25. The zero-order chi connectivity index (χ0) is 21.4. The summed E-state index contributed by atoms with van der Waals surface area (Å²) in [5.41, 5.74) is 3.64. The van der Waals surface area contributed by atoms with E-state index < -0.39 is 19.0 Å². The molecule has 0 fully saturated rings. The predicted octanol–water partition coefficient (Wildman–Crippen LogP) is 5.96. The molecule has 4 nitrogen and oxygen atoms in total. The molecule has 0 bridgehead atoms. The lowest BCUT2D eigenvalue weighted by atomic mass is 9.97. The van der Waals surface area contributed by atoms with Crippen LogP contribution in [-0.2, 0) is 4.79 Å². The van der Waals surface area contributed by atoms with Crippen molar-refractivity contribution >= 4 is 11.5 Å². The van der Waals surface area contributed by atoms with Crippen LogP contribution in [0.3, 0.4) is 0 Å². The highest BCUT2D eigenvalue weighted by molar-refractivity contribution is 5.81. The minimum Gasteiger partial charge on any atom is -0.485 e. The topological polar surface area (TPSA) is 59.4 Å². The van der Waals surface area contributed by atoms with E-state index in [2.05, 4.69) is 4.98 Å². The molecule has 0 aromatic carbocycles. The van der Waals surface area contributed by atoms with E-state index in [1.165, 1.54) is 0 Å². The third kappa shape index (κ3) is 7.25. The van der Waals surface area contributed by atoms with Gasteiger partial charge in [-0.1, -0.05) is 45.9 Å².